The van der Waals surface area contributed by atoms with Crippen molar-refractivity contribution in [1.29, 1.82) is 0 Å². The fourth-order valence-corrected chi connectivity index (χ4v) is 3.62. The SMILES string of the molecule is COc1cc(C2Nc3ccccc3C(=O)N2CC2CCCO2)ccc1O. The third kappa shape index (κ3) is 2.97. The van der Waals surface area contributed by atoms with Crippen molar-refractivity contribution in [3.63, 3.8) is 0 Å². The van der Waals surface area contributed by atoms with Gasteiger partial charge >= 0.3 is 0 Å². The van der Waals surface area contributed by atoms with Gasteiger partial charge in [-0.1, -0.05) is 18.2 Å². The molecule has 1 saturated heterocycles. The molecule has 0 bridgehead atoms. The van der Waals surface area contributed by atoms with Crippen LogP contribution in [0.3, 0.4) is 0 Å². The maximum absolute atomic E-state index is 13.2. The number of para-hydroxylation sites is 1. The molecular formula is C20H22N2O4. The first-order valence-corrected chi connectivity index (χ1v) is 8.82. The van der Waals surface area contributed by atoms with Crippen LogP contribution in [0.5, 0.6) is 11.5 Å². The monoisotopic (exact) mass is 354 g/mol. The third-order valence-electron chi connectivity index (χ3n) is 4.97. The summed E-state index contributed by atoms with van der Waals surface area (Å²) < 4.78 is 11.0. The Hall–Kier alpha value is -2.73. The second kappa shape index (κ2) is 6.88. The van der Waals surface area contributed by atoms with Crippen molar-refractivity contribution in [1.82, 2.24) is 4.90 Å². The Morgan fingerprint density at radius 2 is 2.15 bits per heavy atom. The summed E-state index contributed by atoms with van der Waals surface area (Å²) >= 11 is 0. The van der Waals surface area contributed by atoms with E-state index >= 15 is 0 Å². The van der Waals surface area contributed by atoms with Gasteiger partial charge < -0.3 is 24.8 Å². The molecule has 6 heteroatoms. The molecule has 26 heavy (non-hydrogen) atoms. The number of ether oxygens (including phenoxy) is 2. The van der Waals surface area contributed by atoms with Crippen LogP contribution in [0, 0.1) is 0 Å². The molecule has 0 radical (unpaired) electrons. The number of hydrogen-bond donors (Lipinski definition) is 2. The molecule has 0 aliphatic carbocycles. The van der Waals surface area contributed by atoms with Crippen molar-refractivity contribution in [3.05, 3.63) is 53.6 Å². The van der Waals surface area contributed by atoms with Gasteiger partial charge in [-0.25, -0.2) is 0 Å². The van der Waals surface area contributed by atoms with Gasteiger partial charge in [0.15, 0.2) is 11.5 Å². The lowest BCUT2D eigenvalue weighted by Crippen LogP contribution is -2.46. The van der Waals surface area contributed by atoms with Crippen LogP contribution in [0.1, 0.15) is 34.9 Å². The van der Waals surface area contributed by atoms with Crippen LogP contribution in [0.2, 0.25) is 0 Å². The summed E-state index contributed by atoms with van der Waals surface area (Å²) in [6.07, 6.45) is 1.68. The highest BCUT2D eigenvalue weighted by Gasteiger charge is 2.35. The van der Waals surface area contributed by atoms with E-state index in [1.54, 1.807) is 18.2 Å². The summed E-state index contributed by atoms with van der Waals surface area (Å²) in [4.78, 5) is 15.0. The summed E-state index contributed by atoms with van der Waals surface area (Å²) in [6, 6.07) is 12.7. The molecule has 0 saturated carbocycles. The van der Waals surface area contributed by atoms with Crippen LogP contribution >= 0.6 is 0 Å². The number of anilines is 1. The number of carbonyl (C=O) groups is 1. The highest BCUT2D eigenvalue weighted by molar-refractivity contribution is 6.01. The number of nitrogens with one attached hydrogen (secondary N) is 1. The number of phenolic OH excluding ortho intramolecular Hbond substituents is 1. The molecule has 4 rings (SSSR count). The van der Waals surface area contributed by atoms with Crippen molar-refractivity contribution < 1.29 is 19.4 Å². The zero-order valence-corrected chi connectivity index (χ0v) is 14.6. The number of fused-ring (bicyclic) bond motifs is 1. The van der Waals surface area contributed by atoms with E-state index in [2.05, 4.69) is 5.32 Å². The van der Waals surface area contributed by atoms with Gasteiger partial charge in [0.2, 0.25) is 0 Å². The number of rotatable bonds is 4. The van der Waals surface area contributed by atoms with E-state index in [4.69, 9.17) is 9.47 Å². The second-order valence-electron chi connectivity index (χ2n) is 6.62. The number of nitrogens with zero attached hydrogens (tertiary/aromatic N) is 1. The summed E-state index contributed by atoms with van der Waals surface area (Å²) in [7, 11) is 1.51. The lowest BCUT2D eigenvalue weighted by Gasteiger charge is -2.39. The molecule has 2 heterocycles. The van der Waals surface area contributed by atoms with Gasteiger partial charge in [0.25, 0.3) is 5.91 Å². The maximum Gasteiger partial charge on any atom is 0.257 e. The molecule has 0 aromatic heterocycles. The van der Waals surface area contributed by atoms with Crippen LogP contribution in [0.4, 0.5) is 5.69 Å². The molecule has 6 nitrogen and oxygen atoms in total. The number of carbonyl (C=O) groups excluding carboxylic acids is 1. The highest BCUT2D eigenvalue weighted by Crippen LogP contribution is 2.37. The molecule has 136 valence electrons. The van der Waals surface area contributed by atoms with Crippen LogP contribution in [-0.2, 0) is 4.74 Å². The van der Waals surface area contributed by atoms with E-state index in [9.17, 15) is 9.90 Å². The normalized spacial score (nSPS) is 22.0. The summed E-state index contributed by atoms with van der Waals surface area (Å²) in [5.74, 6) is 0.434. The molecule has 2 unspecified atom stereocenters. The first-order chi connectivity index (χ1) is 12.7. The van der Waals surface area contributed by atoms with Gasteiger partial charge in [-0.05, 0) is 42.7 Å². The lowest BCUT2D eigenvalue weighted by molar-refractivity contribution is 0.0426. The molecule has 2 aromatic rings. The molecule has 2 N–H and O–H groups in total. The molecule has 0 spiro atoms. The summed E-state index contributed by atoms with van der Waals surface area (Å²) in [5, 5.41) is 13.3. The predicted octanol–water partition coefficient (Wildman–Crippen LogP) is 3.15. The molecule has 1 fully saturated rings. The van der Waals surface area contributed by atoms with Crippen molar-refractivity contribution in [2.45, 2.75) is 25.1 Å². The molecular weight excluding hydrogens is 332 g/mol. The second-order valence-corrected chi connectivity index (χ2v) is 6.62. The Kier molecular flexibility index (Phi) is 4.42. The number of methoxy groups -OCH3 is 1. The maximum atomic E-state index is 13.2. The summed E-state index contributed by atoms with van der Waals surface area (Å²) in [5.41, 5.74) is 2.31. The highest BCUT2D eigenvalue weighted by atomic mass is 16.5. The zero-order valence-electron chi connectivity index (χ0n) is 14.6. The zero-order chi connectivity index (χ0) is 18.1. The average molecular weight is 354 g/mol. The van der Waals surface area contributed by atoms with Gasteiger partial charge in [-0.15, -0.1) is 0 Å². The average Bonchev–Trinajstić information content (AvgIpc) is 3.18. The molecule has 2 aliphatic heterocycles. The molecule has 2 aromatic carbocycles. The minimum atomic E-state index is -0.351. The van der Waals surface area contributed by atoms with E-state index < -0.39 is 0 Å². The number of benzene rings is 2. The molecule has 2 atom stereocenters. The van der Waals surface area contributed by atoms with E-state index in [1.807, 2.05) is 29.2 Å². The van der Waals surface area contributed by atoms with Crippen molar-refractivity contribution >= 4 is 11.6 Å². The van der Waals surface area contributed by atoms with Crippen molar-refractivity contribution in [2.24, 2.45) is 0 Å². The Labute approximate surface area is 152 Å². The van der Waals surface area contributed by atoms with Crippen LogP contribution < -0.4 is 10.1 Å². The number of hydrogen-bond acceptors (Lipinski definition) is 5. The smallest absolute Gasteiger partial charge is 0.257 e. The molecule has 2 aliphatic rings. The Balaban J connectivity index is 1.72. The van der Waals surface area contributed by atoms with Crippen LogP contribution in [0.15, 0.2) is 42.5 Å². The Morgan fingerprint density at radius 1 is 1.31 bits per heavy atom. The van der Waals surface area contributed by atoms with Gasteiger partial charge in [-0.3, -0.25) is 4.79 Å². The topological polar surface area (TPSA) is 71.0 Å². The number of aromatic hydroxyl groups is 1. The van der Waals surface area contributed by atoms with Gasteiger partial charge in [0, 0.05) is 18.8 Å². The number of amides is 1. The fourth-order valence-electron chi connectivity index (χ4n) is 3.62. The molecule has 1 amide bonds. The largest absolute Gasteiger partial charge is 0.504 e. The Bertz CT molecular complexity index is 817. The van der Waals surface area contributed by atoms with Crippen LogP contribution in [-0.4, -0.2) is 42.3 Å². The summed E-state index contributed by atoms with van der Waals surface area (Å²) in [6.45, 7) is 1.27. The van der Waals surface area contributed by atoms with Crippen LogP contribution in [0.25, 0.3) is 0 Å². The first-order valence-electron chi connectivity index (χ1n) is 8.82. The fraction of sp³-hybridized carbons (Fsp3) is 0.350. The van der Waals surface area contributed by atoms with E-state index in [0.717, 1.165) is 30.7 Å². The first kappa shape index (κ1) is 16.7. The number of phenols is 1. The quantitative estimate of drug-likeness (QED) is 0.883. The van der Waals surface area contributed by atoms with Crippen molar-refractivity contribution in [3.8, 4) is 11.5 Å². The standard InChI is InChI=1S/C20H22N2O4/c1-25-18-11-13(8-9-17(18)23)19-21-16-7-3-2-6-15(16)20(24)22(19)12-14-5-4-10-26-14/h2-3,6-9,11,14,19,21,23H,4-5,10,12H2,1H3. The minimum absolute atomic E-state index is 0.0214. The van der Waals surface area contributed by atoms with E-state index in [-0.39, 0.29) is 23.9 Å². The van der Waals surface area contributed by atoms with Gasteiger partial charge in [-0.2, -0.15) is 0 Å². The van der Waals surface area contributed by atoms with Gasteiger partial charge in [0.1, 0.15) is 6.17 Å². The third-order valence-corrected chi connectivity index (χ3v) is 4.97. The van der Waals surface area contributed by atoms with Gasteiger partial charge in [0.05, 0.1) is 18.8 Å². The van der Waals surface area contributed by atoms with Crippen molar-refractivity contribution in [2.75, 3.05) is 25.6 Å². The van der Waals surface area contributed by atoms with E-state index in [0.29, 0.717) is 17.9 Å². The Morgan fingerprint density at radius 3 is 2.92 bits per heavy atom. The predicted molar refractivity (Wildman–Crippen MR) is 97.5 cm³/mol. The van der Waals surface area contributed by atoms with E-state index in [1.165, 1.54) is 7.11 Å². The lowest BCUT2D eigenvalue weighted by atomic mass is 10.0. The minimum Gasteiger partial charge on any atom is -0.504 e.